The van der Waals surface area contributed by atoms with E-state index in [-0.39, 0.29) is 0 Å². The van der Waals surface area contributed by atoms with Crippen molar-refractivity contribution in [1.29, 1.82) is 0 Å². The van der Waals surface area contributed by atoms with Gasteiger partial charge in [0, 0.05) is 33.8 Å². The van der Waals surface area contributed by atoms with Crippen molar-refractivity contribution in [2.45, 2.75) is 58.3 Å². The van der Waals surface area contributed by atoms with Crippen molar-refractivity contribution < 1.29 is 4.42 Å². The zero-order valence-corrected chi connectivity index (χ0v) is 20.1. The van der Waals surface area contributed by atoms with Gasteiger partial charge in [-0.15, -0.1) is 0 Å². The van der Waals surface area contributed by atoms with Gasteiger partial charge in [0.1, 0.15) is 5.58 Å². The molecule has 170 valence electrons. The fourth-order valence-electron chi connectivity index (χ4n) is 5.42. The molecule has 0 amide bonds. The molecule has 5 aromatic rings. The van der Waals surface area contributed by atoms with E-state index in [9.17, 15) is 0 Å². The van der Waals surface area contributed by atoms with Crippen molar-refractivity contribution in [1.82, 2.24) is 9.97 Å². The minimum absolute atomic E-state index is 0.361. The minimum Gasteiger partial charge on any atom is -0.437 e. The van der Waals surface area contributed by atoms with Gasteiger partial charge in [-0.1, -0.05) is 69.2 Å². The molecule has 3 nitrogen and oxygen atoms in total. The van der Waals surface area contributed by atoms with E-state index in [1.807, 2.05) is 6.20 Å². The van der Waals surface area contributed by atoms with E-state index in [0.29, 0.717) is 17.5 Å². The number of benzene rings is 2. The van der Waals surface area contributed by atoms with Crippen LogP contribution in [0.5, 0.6) is 0 Å². The highest BCUT2D eigenvalue weighted by Crippen LogP contribution is 2.38. The molecular formula is C31H30N2O. The van der Waals surface area contributed by atoms with Crippen LogP contribution >= 0.6 is 0 Å². The number of furan rings is 1. The molecule has 6 rings (SSSR count). The molecule has 2 aromatic carbocycles. The summed E-state index contributed by atoms with van der Waals surface area (Å²) in [5.74, 6) is 1.07. The van der Waals surface area contributed by atoms with E-state index < -0.39 is 0 Å². The van der Waals surface area contributed by atoms with Crippen molar-refractivity contribution in [3.8, 4) is 22.4 Å². The van der Waals surface area contributed by atoms with Crippen LogP contribution in [0, 0.1) is 6.92 Å². The van der Waals surface area contributed by atoms with Gasteiger partial charge in [0.15, 0.2) is 0 Å². The molecule has 3 heterocycles. The molecule has 0 unspecified atom stereocenters. The summed E-state index contributed by atoms with van der Waals surface area (Å²) in [6, 6.07) is 21.9. The monoisotopic (exact) mass is 446 g/mol. The van der Waals surface area contributed by atoms with E-state index in [1.165, 1.54) is 36.8 Å². The van der Waals surface area contributed by atoms with Gasteiger partial charge in [0.2, 0.25) is 5.71 Å². The summed E-state index contributed by atoms with van der Waals surface area (Å²) >= 11 is 0. The lowest BCUT2D eigenvalue weighted by molar-refractivity contribution is 0.648. The summed E-state index contributed by atoms with van der Waals surface area (Å²) in [5.41, 5.74) is 9.62. The standard InChI is InChI=1S/C31H30N2O/c1-19(2)27-16-14-26-25-13-11-20(3)29(30(25)34-31(26)33-27)28-15-12-24(18-32-28)23-10-6-9-22(17-23)21-7-4-5-8-21/h6,9-19,21H,4-5,7-8H2,1-3H3. The second-order valence-electron chi connectivity index (χ2n) is 10.0. The molecule has 34 heavy (non-hydrogen) atoms. The predicted molar refractivity (Wildman–Crippen MR) is 140 cm³/mol. The summed E-state index contributed by atoms with van der Waals surface area (Å²) in [7, 11) is 0. The largest absolute Gasteiger partial charge is 0.437 e. The maximum Gasteiger partial charge on any atom is 0.227 e. The highest BCUT2D eigenvalue weighted by Gasteiger charge is 2.19. The molecule has 3 heteroatoms. The number of pyridine rings is 2. The molecule has 1 saturated carbocycles. The number of aromatic nitrogens is 2. The first-order valence-electron chi connectivity index (χ1n) is 12.5. The number of fused-ring (bicyclic) bond motifs is 3. The summed E-state index contributed by atoms with van der Waals surface area (Å²) in [4.78, 5) is 9.68. The fraction of sp³-hybridized carbons (Fsp3) is 0.290. The molecule has 1 aliphatic rings. The van der Waals surface area contributed by atoms with Gasteiger partial charge >= 0.3 is 0 Å². The van der Waals surface area contributed by atoms with Crippen molar-refractivity contribution >= 4 is 22.1 Å². The zero-order valence-electron chi connectivity index (χ0n) is 20.1. The number of rotatable bonds is 4. The van der Waals surface area contributed by atoms with Crippen LogP contribution in [0.4, 0.5) is 0 Å². The molecule has 0 saturated heterocycles. The third-order valence-electron chi connectivity index (χ3n) is 7.39. The summed E-state index contributed by atoms with van der Waals surface area (Å²) < 4.78 is 6.35. The minimum atomic E-state index is 0.361. The van der Waals surface area contributed by atoms with Gasteiger partial charge in [-0.25, -0.2) is 4.98 Å². The van der Waals surface area contributed by atoms with Crippen LogP contribution in [-0.4, -0.2) is 9.97 Å². The molecule has 0 bridgehead atoms. The van der Waals surface area contributed by atoms with Crippen LogP contribution in [0.15, 0.2) is 71.3 Å². The summed E-state index contributed by atoms with van der Waals surface area (Å²) in [5, 5.41) is 2.15. The lowest BCUT2D eigenvalue weighted by Crippen LogP contribution is -1.93. The van der Waals surface area contributed by atoms with E-state index >= 15 is 0 Å². The SMILES string of the molecule is Cc1ccc2c(oc3nc(C(C)C)ccc32)c1-c1ccc(-c2cccc(C3CCCC3)c2)cn1. The van der Waals surface area contributed by atoms with Gasteiger partial charge in [-0.2, -0.15) is 0 Å². The Hall–Kier alpha value is -3.46. The van der Waals surface area contributed by atoms with Crippen LogP contribution in [0.3, 0.4) is 0 Å². The Morgan fingerprint density at radius 2 is 1.71 bits per heavy atom. The van der Waals surface area contributed by atoms with Crippen LogP contribution in [-0.2, 0) is 0 Å². The number of nitrogens with zero attached hydrogens (tertiary/aromatic N) is 2. The van der Waals surface area contributed by atoms with Crippen LogP contribution in [0.25, 0.3) is 44.5 Å². The van der Waals surface area contributed by atoms with E-state index in [1.54, 1.807) is 0 Å². The maximum absolute atomic E-state index is 6.35. The number of hydrogen-bond acceptors (Lipinski definition) is 3. The van der Waals surface area contributed by atoms with Gasteiger partial charge in [0.05, 0.1) is 5.69 Å². The molecule has 0 atom stereocenters. The fourth-order valence-corrected chi connectivity index (χ4v) is 5.42. The average molecular weight is 447 g/mol. The molecule has 0 spiro atoms. The number of hydrogen-bond donors (Lipinski definition) is 0. The first-order chi connectivity index (χ1) is 16.6. The summed E-state index contributed by atoms with van der Waals surface area (Å²) in [6.45, 7) is 6.43. The molecule has 1 aliphatic carbocycles. The van der Waals surface area contributed by atoms with Crippen molar-refractivity contribution in [3.63, 3.8) is 0 Å². The van der Waals surface area contributed by atoms with E-state index in [4.69, 9.17) is 14.4 Å². The maximum atomic E-state index is 6.35. The lowest BCUT2D eigenvalue weighted by atomic mass is 9.94. The summed E-state index contributed by atoms with van der Waals surface area (Å²) in [6.07, 6.45) is 7.33. The first-order valence-corrected chi connectivity index (χ1v) is 12.5. The Bertz CT molecular complexity index is 1490. The van der Waals surface area contributed by atoms with Crippen LogP contribution < -0.4 is 0 Å². The topological polar surface area (TPSA) is 38.9 Å². The van der Waals surface area contributed by atoms with Gasteiger partial charge < -0.3 is 4.42 Å². The molecule has 3 aromatic heterocycles. The average Bonchev–Trinajstić information content (AvgIpc) is 3.52. The molecule has 0 radical (unpaired) electrons. The normalized spacial score (nSPS) is 14.6. The molecule has 0 aliphatic heterocycles. The van der Waals surface area contributed by atoms with E-state index in [0.717, 1.165) is 44.4 Å². The number of aryl methyl sites for hydroxylation is 1. The van der Waals surface area contributed by atoms with Crippen molar-refractivity contribution in [2.24, 2.45) is 0 Å². The van der Waals surface area contributed by atoms with Crippen LogP contribution in [0.1, 0.15) is 68.2 Å². The molecule has 1 fully saturated rings. The first kappa shape index (κ1) is 21.1. The van der Waals surface area contributed by atoms with Crippen molar-refractivity contribution in [2.75, 3.05) is 0 Å². The van der Waals surface area contributed by atoms with Gasteiger partial charge in [-0.3, -0.25) is 4.98 Å². The quantitative estimate of drug-likeness (QED) is 0.277. The van der Waals surface area contributed by atoms with Gasteiger partial charge in [-0.05, 0) is 66.5 Å². The third-order valence-corrected chi connectivity index (χ3v) is 7.39. The second kappa shape index (κ2) is 8.39. The molecule has 0 N–H and O–H groups in total. The van der Waals surface area contributed by atoms with Crippen molar-refractivity contribution in [3.05, 3.63) is 83.7 Å². The van der Waals surface area contributed by atoms with Gasteiger partial charge in [0.25, 0.3) is 0 Å². The Balaban J connectivity index is 1.41. The Kier molecular flexibility index (Phi) is 5.21. The zero-order chi connectivity index (χ0) is 23.2. The highest BCUT2D eigenvalue weighted by atomic mass is 16.3. The third kappa shape index (κ3) is 3.60. The predicted octanol–water partition coefficient (Wildman–Crippen LogP) is 8.80. The van der Waals surface area contributed by atoms with E-state index in [2.05, 4.69) is 81.4 Å². The Labute approximate surface area is 200 Å². The lowest BCUT2D eigenvalue weighted by Gasteiger charge is -2.12. The van der Waals surface area contributed by atoms with Crippen LogP contribution in [0.2, 0.25) is 0 Å². The highest BCUT2D eigenvalue weighted by molar-refractivity contribution is 6.09. The second-order valence-corrected chi connectivity index (χ2v) is 10.0. The molecular weight excluding hydrogens is 416 g/mol. The Morgan fingerprint density at radius 1 is 0.882 bits per heavy atom. The Morgan fingerprint density at radius 3 is 2.47 bits per heavy atom. The smallest absolute Gasteiger partial charge is 0.227 e.